The number of aliphatic carboxylic acids is 1. The van der Waals surface area contributed by atoms with E-state index in [9.17, 15) is 4.79 Å². The van der Waals surface area contributed by atoms with E-state index in [2.05, 4.69) is 22.6 Å². The van der Waals surface area contributed by atoms with E-state index in [0.717, 1.165) is 14.9 Å². The van der Waals surface area contributed by atoms with Gasteiger partial charge in [0.25, 0.3) is 0 Å². The van der Waals surface area contributed by atoms with Crippen LogP contribution in [0.3, 0.4) is 0 Å². The van der Waals surface area contributed by atoms with Crippen molar-refractivity contribution in [2.24, 2.45) is 0 Å². The van der Waals surface area contributed by atoms with Crippen LogP contribution in [0.4, 0.5) is 0 Å². The quantitative estimate of drug-likeness (QED) is 0.868. The normalized spacial score (nSPS) is 9.86. The van der Waals surface area contributed by atoms with Crippen molar-refractivity contribution in [2.75, 3.05) is 7.11 Å². The smallest absolute Gasteiger partial charge is 0.303 e. The van der Waals surface area contributed by atoms with Crippen LogP contribution < -0.4 is 4.74 Å². The number of rotatable bonds is 4. The second-order valence-corrected chi connectivity index (χ2v) is 4.10. The Morgan fingerprint density at radius 3 is 2.86 bits per heavy atom. The van der Waals surface area contributed by atoms with Gasteiger partial charge in [0.15, 0.2) is 0 Å². The molecule has 0 aliphatic carbocycles. The van der Waals surface area contributed by atoms with Crippen LogP contribution in [-0.2, 0) is 11.2 Å². The molecule has 0 spiro atoms. The van der Waals surface area contributed by atoms with Gasteiger partial charge in [-0.3, -0.25) is 4.79 Å². The molecule has 0 radical (unpaired) electrons. The lowest BCUT2D eigenvalue weighted by molar-refractivity contribution is -0.136. The topological polar surface area (TPSA) is 46.5 Å². The second kappa shape index (κ2) is 5.19. The van der Waals surface area contributed by atoms with Crippen molar-refractivity contribution in [1.82, 2.24) is 0 Å². The largest absolute Gasteiger partial charge is 0.496 e. The summed E-state index contributed by atoms with van der Waals surface area (Å²) in [6.07, 6.45) is 0.645. The predicted octanol–water partition coefficient (Wildman–Crippen LogP) is 2.32. The van der Waals surface area contributed by atoms with Crippen LogP contribution in [0.1, 0.15) is 12.0 Å². The van der Waals surface area contributed by atoms with Gasteiger partial charge in [0.05, 0.1) is 7.11 Å². The minimum Gasteiger partial charge on any atom is -0.496 e. The van der Waals surface area contributed by atoms with Crippen LogP contribution >= 0.6 is 22.6 Å². The average Bonchev–Trinajstić information content (AvgIpc) is 2.15. The molecule has 0 aliphatic rings. The highest BCUT2D eigenvalue weighted by Gasteiger charge is 2.05. The minimum absolute atomic E-state index is 0.136. The van der Waals surface area contributed by atoms with E-state index in [1.807, 2.05) is 18.2 Å². The number of methoxy groups -OCH3 is 1. The van der Waals surface area contributed by atoms with Crippen molar-refractivity contribution >= 4 is 28.6 Å². The van der Waals surface area contributed by atoms with Crippen LogP contribution in [0.2, 0.25) is 0 Å². The molecule has 0 amide bonds. The molecule has 1 N–H and O–H groups in total. The van der Waals surface area contributed by atoms with Crippen molar-refractivity contribution in [1.29, 1.82) is 0 Å². The second-order valence-electron chi connectivity index (χ2n) is 2.85. The fourth-order valence-electron chi connectivity index (χ4n) is 1.17. The lowest BCUT2D eigenvalue weighted by atomic mass is 10.1. The van der Waals surface area contributed by atoms with Crippen molar-refractivity contribution in [3.63, 3.8) is 0 Å². The molecule has 1 rings (SSSR count). The van der Waals surface area contributed by atoms with Crippen LogP contribution in [0, 0.1) is 3.57 Å². The zero-order valence-electron chi connectivity index (χ0n) is 7.79. The lowest BCUT2D eigenvalue weighted by Gasteiger charge is -2.07. The van der Waals surface area contributed by atoms with E-state index in [0.29, 0.717) is 6.42 Å². The van der Waals surface area contributed by atoms with Gasteiger partial charge in [-0.15, -0.1) is 0 Å². The number of ether oxygens (including phenoxy) is 1. The Morgan fingerprint density at radius 2 is 2.29 bits per heavy atom. The molecule has 0 aromatic heterocycles. The minimum atomic E-state index is -0.786. The van der Waals surface area contributed by atoms with Gasteiger partial charge in [-0.25, -0.2) is 0 Å². The van der Waals surface area contributed by atoms with Gasteiger partial charge in [0.1, 0.15) is 5.75 Å². The molecule has 0 saturated carbocycles. The fourth-order valence-corrected chi connectivity index (χ4v) is 1.63. The Balaban J connectivity index is 2.80. The van der Waals surface area contributed by atoms with Gasteiger partial charge in [0, 0.05) is 9.99 Å². The number of halogens is 1. The van der Waals surface area contributed by atoms with E-state index in [-0.39, 0.29) is 6.42 Å². The average molecular weight is 306 g/mol. The highest BCUT2D eigenvalue weighted by Crippen LogP contribution is 2.22. The molecule has 0 bridgehead atoms. The first-order valence-corrected chi connectivity index (χ1v) is 5.25. The maximum Gasteiger partial charge on any atom is 0.303 e. The van der Waals surface area contributed by atoms with Gasteiger partial charge in [-0.1, -0.05) is 6.07 Å². The standard InChI is InChI=1S/C10H11IO3/c1-14-9-6-8(11)4-2-7(9)3-5-10(12)13/h2,4,6H,3,5H2,1H3,(H,12,13). The molecule has 0 heterocycles. The summed E-state index contributed by atoms with van der Waals surface area (Å²) in [4.78, 5) is 10.4. The summed E-state index contributed by atoms with van der Waals surface area (Å²) in [5.41, 5.74) is 0.940. The van der Waals surface area contributed by atoms with E-state index in [4.69, 9.17) is 9.84 Å². The first-order valence-electron chi connectivity index (χ1n) is 4.17. The Kier molecular flexibility index (Phi) is 4.19. The third-order valence-electron chi connectivity index (χ3n) is 1.86. The molecule has 1 aromatic carbocycles. The van der Waals surface area contributed by atoms with E-state index in [1.54, 1.807) is 7.11 Å². The zero-order valence-corrected chi connectivity index (χ0v) is 9.95. The SMILES string of the molecule is COc1cc(I)ccc1CCC(=O)O. The summed E-state index contributed by atoms with van der Waals surface area (Å²) in [7, 11) is 1.59. The number of carboxylic acids is 1. The summed E-state index contributed by atoms with van der Waals surface area (Å²) in [5.74, 6) is -0.0243. The van der Waals surface area contributed by atoms with Crippen molar-refractivity contribution in [3.8, 4) is 5.75 Å². The maximum absolute atomic E-state index is 10.4. The molecule has 1 aromatic rings. The van der Waals surface area contributed by atoms with Crippen LogP contribution in [0.5, 0.6) is 5.75 Å². The molecule has 14 heavy (non-hydrogen) atoms. The molecular weight excluding hydrogens is 295 g/mol. The van der Waals surface area contributed by atoms with Gasteiger partial charge >= 0.3 is 5.97 Å². The van der Waals surface area contributed by atoms with Gasteiger partial charge in [0.2, 0.25) is 0 Å². The maximum atomic E-state index is 10.4. The number of benzene rings is 1. The number of carboxylic acid groups (broad SMARTS) is 1. The van der Waals surface area contributed by atoms with Gasteiger partial charge in [-0.2, -0.15) is 0 Å². The van der Waals surface area contributed by atoms with Gasteiger partial charge < -0.3 is 9.84 Å². The van der Waals surface area contributed by atoms with Crippen molar-refractivity contribution in [2.45, 2.75) is 12.8 Å². The number of carbonyl (C=O) groups is 1. The lowest BCUT2D eigenvalue weighted by Crippen LogP contribution is -1.99. The van der Waals surface area contributed by atoms with E-state index >= 15 is 0 Å². The highest BCUT2D eigenvalue weighted by atomic mass is 127. The van der Waals surface area contributed by atoms with Crippen LogP contribution in [-0.4, -0.2) is 18.2 Å². The molecular formula is C10H11IO3. The van der Waals surface area contributed by atoms with Crippen molar-refractivity contribution < 1.29 is 14.6 Å². The number of hydrogen-bond donors (Lipinski definition) is 1. The number of hydrogen-bond acceptors (Lipinski definition) is 2. The third-order valence-corrected chi connectivity index (χ3v) is 2.53. The molecule has 4 heteroatoms. The summed E-state index contributed by atoms with van der Waals surface area (Å²) >= 11 is 2.19. The number of aryl methyl sites for hydroxylation is 1. The summed E-state index contributed by atoms with van der Waals surface area (Å²) in [6.45, 7) is 0. The first-order chi connectivity index (χ1) is 6.63. The fraction of sp³-hybridized carbons (Fsp3) is 0.300. The molecule has 0 atom stereocenters. The Hall–Kier alpha value is -0.780. The molecule has 0 unspecified atom stereocenters. The van der Waals surface area contributed by atoms with Crippen LogP contribution in [0.25, 0.3) is 0 Å². The molecule has 0 saturated heterocycles. The zero-order chi connectivity index (χ0) is 10.6. The summed E-state index contributed by atoms with van der Waals surface area (Å²) in [5, 5.41) is 8.55. The Labute approximate surface area is 96.2 Å². The third kappa shape index (κ3) is 3.17. The molecule has 76 valence electrons. The van der Waals surface area contributed by atoms with Crippen LogP contribution in [0.15, 0.2) is 18.2 Å². The van der Waals surface area contributed by atoms with Crippen molar-refractivity contribution in [3.05, 3.63) is 27.3 Å². The predicted molar refractivity (Wildman–Crippen MR) is 61.7 cm³/mol. The Morgan fingerprint density at radius 1 is 1.57 bits per heavy atom. The molecule has 0 aliphatic heterocycles. The van der Waals surface area contributed by atoms with E-state index in [1.165, 1.54) is 0 Å². The van der Waals surface area contributed by atoms with E-state index < -0.39 is 5.97 Å². The summed E-state index contributed by atoms with van der Waals surface area (Å²) < 4.78 is 6.24. The molecule has 3 nitrogen and oxygen atoms in total. The summed E-state index contributed by atoms with van der Waals surface area (Å²) in [6, 6.07) is 5.75. The highest BCUT2D eigenvalue weighted by molar-refractivity contribution is 14.1. The van der Waals surface area contributed by atoms with Gasteiger partial charge in [-0.05, 0) is 46.7 Å². The molecule has 0 fully saturated rings. The first kappa shape index (κ1) is 11.3. The Bertz CT molecular complexity index is 336. The monoisotopic (exact) mass is 306 g/mol.